The summed E-state index contributed by atoms with van der Waals surface area (Å²) in [7, 11) is -4.14. The Morgan fingerprint density at radius 2 is 1.40 bits per heavy atom. The average Bonchev–Trinajstić information content (AvgIpc) is 3.03. The lowest BCUT2D eigenvalue weighted by Gasteiger charge is -2.34. The quantitative estimate of drug-likeness (QED) is 0.187. The van der Waals surface area contributed by atoms with Crippen molar-refractivity contribution in [3.8, 4) is 0 Å². The maximum Gasteiger partial charge on any atom is 0.264 e. The number of anilines is 1. The molecule has 2 atom stereocenters. The molecule has 0 fully saturated rings. The molecule has 0 saturated carbocycles. The summed E-state index contributed by atoms with van der Waals surface area (Å²) in [6.07, 6.45) is 1.00. The molecule has 236 valence electrons. The fourth-order valence-corrected chi connectivity index (χ4v) is 6.71. The van der Waals surface area contributed by atoms with Gasteiger partial charge in [0, 0.05) is 19.0 Å². The number of benzene rings is 4. The third-order valence-corrected chi connectivity index (χ3v) is 9.72. The SMILES string of the molecule is CC[C@H](C)NC(=O)[C@H](Cc1ccccc1)N(Cc1cccc(C)c1)C(=O)CN(c1cc(C)ccc1C)S(=O)(=O)c1ccccc1. The Morgan fingerprint density at radius 1 is 0.778 bits per heavy atom. The minimum atomic E-state index is -4.14. The van der Waals surface area contributed by atoms with Crippen LogP contribution in [0.2, 0.25) is 0 Å². The Kier molecular flexibility index (Phi) is 11.2. The molecule has 0 aliphatic rings. The van der Waals surface area contributed by atoms with Gasteiger partial charge in [0.2, 0.25) is 11.8 Å². The largest absolute Gasteiger partial charge is 0.352 e. The van der Waals surface area contributed by atoms with Crippen molar-refractivity contribution >= 4 is 27.5 Å². The highest BCUT2D eigenvalue weighted by molar-refractivity contribution is 7.92. The van der Waals surface area contributed by atoms with Crippen LogP contribution in [-0.4, -0.2) is 43.8 Å². The monoisotopic (exact) mass is 625 g/mol. The summed E-state index contributed by atoms with van der Waals surface area (Å²) in [4.78, 5) is 30.2. The molecule has 0 radical (unpaired) electrons. The number of aryl methyl sites for hydroxylation is 3. The first-order valence-electron chi connectivity index (χ1n) is 15.3. The number of carbonyl (C=O) groups excluding carboxylic acids is 2. The Labute approximate surface area is 268 Å². The predicted molar refractivity (Wildman–Crippen MR) is 180 cm³/mol. The number of carbonyl (C=O) groups is 2. The summed E-state index contributed by atoms with van der Waals surface area (Å²) in [5.74, 6) is -0.754. The second kappa shape index (κ2) is 15.0. The van der Waals surface area contributed by atoms with E-state index in [2.05, 4.69) is 5.32 Å². The summed E-state index contributed by atoms with van der Waals surface area (Å²) < 4.78 is 29.6. The molecule has 0 spiro atoms. The third kappa shape index (κ3) is 8.60. The van der Waals surface area contributed by atoms with E-state index in [4.69, 9.17) is 0 Å². The molecule has 0 aromatic heterocycles. The maximum absolute atomic E-state index is 14.6. The van der Waals surface area contributed by atoms with E-state index in [0.717, 1.165) is 28.7 Å². The predicted octanol–water partition coefficient (Wildman–Crippen LogP) is 6.36. The summed E-state index contributed by atoms with van der Waals surface area (Å²) in [5.41, 5.74) is 4.77. The van der Waals surface area contributed by atoms with E-state index in [-0.39, 0.29) is 29.8 Å². The van der Waals surface area contributed by atoms with Crippen molar-refractivity contribution in [1.29, 1.82) is 0 Å². The topological polar surface area (TPSA) is 86.8 Å². The average molecular weight is 626 g/mol. The van der Waals surface area contributed by atoms with Crippen LogP contribution in [0.5, 0.6) is 0 Å². The molecule has 0 saturated heterocycles. The lowest BCUT2D eigenvalue weighted by Crippen LogP contribution is -2.54. The van der Waals surface area contributed by atoms with Gasteiger partial charge in [0.1, 0.15) is 12.6 Å². The number of hydrogen-bond acceptors (Lipinski definition) is 4. The van der Waals surface area contributed by atoms with Crippen molar-refractivity contribution in [2.24, 2.45) is 0 Å². The van der Waals surface area contributed by atoms with Crippen LogP contribution >= 0.6 is 0 Å². The van der Waals surface area contributed by atoms with Gasteiger partial charge in [0.05, 0.1) is 10.6 Å². The lowest BCUT2D eigenvalue weighted by atomic mass is 10.0. The van der Waals surface area contributed by atoms with E-state index >= 15 is 0 Å². The number of nitrogens with one attached hydrogen (secondary N) is 1. The highest BCUT2D eigenvalue weighted by atomic mass is 32.2. The second-order valence-corrected chi connectivity index (χ2v) is 13.5. The first kappa shape index (κ1) is 33.5. The highest BCUT2D eigenvalue weighted by Gasteiger charge is 2.35. The van der Waals surface area contributed by atoms with Crippen LogP contribution in [0.15, 0.2) is 108 Å². The first-order chi connectivity index (χ1) is 21.5. The van der Waals surface area contributed by atoms with Crippen LogP contribution in [0.1, 0.15) is 48.1 Å². The third-order valence-electron chi connectivity index (χ3n) is 7.95. The number of rotatable bonds is 13. The number of sulfonamides is 1. The van der Waals surface area contributed by atoms with Gasteiger partial charge in [-0.3, -0.25) is 13.9 Å². The number of hydrogen-bond donors (Lipinski definition) is 1. The summed E-state index contributed by atoms with van der Waals surface area (Å²) in [6.45, 7) is 9.27. The zero-order valence-electron chi connectivity index (χ0n) is 26.7. The smallest absolute Gasteiger partial charge is 0.264 e. The summed E-state index contributed by atoms with van der Waals surface area (Å²) >= 11 is 0. The van der Waals surface area contributed by atoms with Gasteiger partial charge in [-0.1, -0.05) is 97.4 Å². The molecule has 4 aromatic carbocycles. The number of nitrogens with zero attached hydrogens (tertiary/aromatic N) is 2. The van der Waals surface area contributed by atoms with Crippen molar-refractivity contribution in [1.82, 2.24) is 10.2 Å². The van der Waals surface area contributed by atoms with Gasteiger partial charge in [-0.05, 0) is 74.6 Å². The fourth-order valence-electron chi connectivity index (χ4n) is 5.22. The molecular weight excluding hydrogens is 582 g/mol. The normalized spacial score (nSPS) is 12.6. The van der Waals surface area contributed by atoms with E-state index in [1.165, 1.54) is 21.3 Å². The lowest BCUT2D eigenvalue weighted by molar-refractivity contribution is -0.140. The Balaban J connectivity index is 1.83. The van der Waals surface area contributed by atoms with Gasteiger partial charge in [-0.15, -0.1) is 0 Å². The van der Waals surface area contributed by atoms with Crippen LogP contribution in [0.3, 0.4) is 0 Å². The molecule has 7 nitrogen and oxygen atoms in total. The minimum Gasteiger partial charge on any atom is -0.352 e. The Morgan fingerprint density at radius 3 is 2.04 bits per heavy atom. The Hall–Kier alpha value is -4.43. The van der Waals surface area contributed by atoms with Gasteiger partial charge in [-0.25, -0.2) is 8.42 Å². The first-order valence-corrected chi connectivity index (χ1v) is 16.8. The van der Waals surface area contributed by atoms with Crippen LogP contribution in [-0.2, 0) is 32.6 Å². The fraction of sp³-hybridized carbons (Fsp3) is 0.297. The van der Waals surface area contributed by atoms with Crippen molar-refractivity contribution in [2.75, 3.05) is 10.8 Å². The van der Waals surface area contributed by atoms with Crippen LogP contribution in [0.4, 0.5) is 5.69 Å². The molecule has 2 amide bonds. The second-order valence-electron chi connectivity index (χ2n) is 11.6. The van der Waals surface area contributed by atoms with Gasteiger partial charge in [0.25, 0.3) is 10.0 Å². The minimum absolute atomic E-state index is 0.0827. The zero-order chi connectivity index (χ0) is 32.6. The van der Waals surface area contributed by atoms with Gasteiger partial charge < -0.3 is 10.2 Å². The van der Waals surface area contributed by atoms with E-state index < -0.39 is 28.5 Å². The maximum atomic E-state index is 14.6. The molecule has 1 N–H and O–H groups in total. The zero-order valence-corrected chi connectivity index (χ0v) is 27.6. The van der Waals surface area contributed by atoms with E-state index in [1.54, 1.807) is 24.3 Å². The summed E-state index contributed by atoms with van der Waals surface area (Å²) in [6, 6.07) is 30.1. The van der Waals surface area contributed by atoms with Gasteiger partial charge in [0.15, 0.2) is 0 Å². The van der Waals surface area contributed by atoms with Crippen molar-refractivity contribution in [3.05, 3.63) is 131 Å². The molecule has 0 bridgehead atoms. The summed E-state index contributed by atoms with van der Waals surface area (Å²) in [5, 5.41) is 3.08. The van der Waals surface area contributed by atoms with Crippen LogP contribution in [0.25, 0.3) is 0 Å². The van der Waals surface area contributed by atoms with E-state index in [0.29, 0.717) is 11.3 Å². The van der Waals surface area contributed by atoms with Gasteiger partial charge in [-0.2, -0.15) is 0 Å². The molecule has 0 aliphatic heterocycles. The molecule has 4 aromatic rings. The molecule has 0 heterocycles. The molecular formula is C37H43N3O4S. The van der Waals surface area contributed by atoms with E-state index in [9.17, 15) is 18.0 Å². The Bertz CT molecular complexity index is 1710. The van der Waals surface area contributed by atoms with Crippen molar-refractivity contribution in [2.45, 2.75) is 71.0 Å². The standard InChI is InChI=1S/C37H43N3O4S/c1-6-30(5)38-37(42)35(24-31-15-9-7-10-16-31)39(25-32-17-13-14-27(2)22-32)36(41)26-40(34-23-28(3)20-21-29(34)4)45(43,44)33-18-11-8-12-19-33/h7-23,30,35H,6,24-26H2,1-5H3,(H,38,42)/t30-,35-/m0/s1. The van der Waals surface area contributed by atoms with Gasteiger partial charge >= 0.3 is 0 Å². The van der Waals surface area contributed by atoms with Crippen LogP contribution in [0, 0.1) is 20.8 Å². The van der Waals surface area contributed by atoms with Crippen molar-refractivity contribution in [3.63, 3.8) is 0 Å². The molecule has 8 heteroatoms. The molecule has 0 unspecified atom stereocenters. The van der Waals surface area contributed by atoms with E-state index in [1.807, 2.05) is 101 Å². The molecule has 0 aliphatic carbocycles. The molecule has 45 heavy (non-hydrogen) atoms. The van der Waals surface area contributed by atoms with Crippen molar-refractivity contribution < 1.29 is 18.0 Å². The van der Waals surface area contributed by atoms with Crippen LogP contribution < -0.4 is 9.62 Å². The molecule has 4 rings (SSSR count). The number of amides is 2. The highest BCUT2D eigenvalue weighted by Crippen LogP contribution is 2.29.